The third kappa shape index (κ3) is 9.33. The number of halogens is 1. The monoisotopic (exact) mass is 345 g/mol. The number of aliphatic imine (C=N–C) groups is 1. The highest BCUT2D eigenvalue weighted by Gasteiger charge is 2.14. The fourth-order valence-corrected chi connectivity index (χ4v) is 1.56. The molecule has 7 N–H and O–H groups in total. The molecular weight excluding hydrogens is 325 g/mol. The number of quaternary nitrogens is 1. The average molecular weight is 346 g/mol. The predicted octanol–water partition coefficient (Wildman–Crippen LogP) is -3.29. The van der Waals surface area contributed by atoms with E-state index in [1.165, 1.54) is 0 Å². The highest BCUT2D eigenvalue weighted by molar-refractivity contribution is 5.92. The highest BCUT2D eigenvalue weighted by Crippen LogP contribution is 2.00. The fourth-order valence-electron chi connectivity index (χ4n) is 1.56. The number of carbonyl (C=O) groups is 2. The Morgan fingerprint density at radius 3 is 2.61 bits per heavy atom. The number of carboxylic acid groups (broad SMARTS) is 1. The molecule has 1 unspecified atom stereocenters. The standard InChI is InChI=1S/C14H20N4O4.ClH/c15-11(12(19)20)7-4-8-17-13(16)18-14(21)22-9-10-5-2-1-3-6-10;/h1-3,5-6,11H,4,7-9,15H2,(H,19,20)(H3,16,17,18,21);1H/i12+1;. The van der Waals surface area contributed by atoms with Crippen molar-refractivity contribution in [1.29, 1.82) is 0 Å². The van der Waals surface area contributed by atoms with Crippen LogP contribution in [-0.2, 0) is 16.1 Å². The Morgan fingerprint density at radius 1 is 1.35 bits per heavy atom. The van der Waals surface area contributed by atoms with E-state index in [-0.39, 0.29) is 25.0 Å². The second-order valence-electron chi connectivity index (χ2n) is 4.63. The van der Waals surface area contributed by atoms with E-state index >= 15 is 0 Å². The van der Waals surface area contributed by atoms with E-state index in [0.29, 0.717) is 19.4 Å². The molecule has 8 nitrogen and oxygen atoms in total. The number of rotatable bonds is 7. The minimum absolute atomic E-state index is 0. The summed E-state index contributed by atoms with van der Waals surface area (Å²) >= 11 is 0. The van der Waals surface area contributed by atoms with E-state index in [0.717, 1.165) is 5.56 Å². The first-order chi connectivity index (χ1) is 10.5. The number of hydrogen-bond donors (Lipinski definition) is 4. The number of guanidine groups is 1. The Kier molecular flexibility index (Phi) is 10.1. The molecule has 0 saturated carbocycles. The SMILES string of the molecule is NC(=NCCCC([NH3+])[13C](=O)O)NC(=O)OCc1ccccc1.[Cl-]. The first-order valence-electron chi connectivity index (χ1n) is 6.82. The fraction of sp³-hybridized carbons (Fsp3) is 0.357. The van der Waals surface area contributed by atoms with Crippen molar-refractivity contribution in [3.8, 4) is 0 Å². The van der Waals surface area contributed by atoms with E-state index in [4.69, 9.17) is 15.6 Å². The van der Waals surface area contributed by atoms with Gasteiger partial charge in [-0.1, -0.05) is 30.3 Å². The van der Waals surface area contributed by atoms with Gasteiger partial charge in [-0.15, -0.1) is 0 Å². The van der Waals surface area contributed by atoms with Crippen LogP contribution in [0, 0.1) is 0 Å². The van der Waals surface area contributed by atoms with Crippen LogP contribution in [0.15, 0.2) is 35.3 Å². The number of nitrogens with zero attached hydrogens (tertiary/aromatic N) is 1. The highest BCUT2D eigenvalue weighted by atomic mass is 35.5. The van der Waals surface area contributed by atoms with Crippen molar-refractivity contribution >= 4 is 18.0 Å². The van der Waals surface area contributed by atoms with Gasteiger partial charge in [0.25, 0.3) is 0 Å². The molecule has 1 aromatic rings. The van der Waals surface area contributed by atoms with Crippen LogP contribution < -0.4 is 29.2 Å². The van der Waals surface area contributed by atoms with Crippen LogP contribution in [0.1, 0.15) is 18.4 Å². The summed E-state index contributed by atoms with van der Waals surface area (Å²) in [5.74, 6) is -1.01. The molecule has 1 aromatic carbocycles. The van der Waals surface area contributed by atoms with Crippen LogP contribution in [0.5, 0.6) is 0 Å². The molecule has 0 aromatic heterocycles. The molecule has 0 bridgehead atoms. The van der Waals surface area contributed by atoms with E-state index in [2.05, 4.69) is 16.0 Å². The molecule has 1 rings (SSSR count). The second-order valence-corrected chi connectivity index (χ2v) is 4.63. The summed E-state index contributed by atoms with van der Waals surface area (Å²) in [6.45, 7) is 0.450. The maximum Gasteiger partial charge on any atom is 0.414 e. The summed E-state index contributed by atoms with van der Waals surface area (Å²) in [5.41, 5.74) is 9.88. The number of ether oxygens (including phenoxy) is 1. The lowest BCUT2D eigenvalue weighted by Crippen LogP contribution is -3.00. The first-order valence-corrected chi connectivity index (χ1v) is 6.82. The van der Waals surface area contributed by atoms with Crippen LogP contribution in [-0.4, -0.2) is 35.7 Å². The number of carbonyl (C=O) groups excluding carboxylic acids is 1. The number of nitrogens with two attached hydrogens (primary N) is 1. The van der Waals surface area contributed by atoms with Crippen molar-refractivity contribution in [3.05, 3.63) is 35.9 Å². The van der Waals surface area contributed by atoms with E-state index in [1.54, 1.807) is 0 Å². The maximum absolute atomic E-state index is 11.5. The lowest BCUT2D eigenvalue weighted by Gasteiger charge is -2.06. The Morgan fingerprint density at radius 2 is 2.00 bits per heavy atom. The molecule has 0 aliphatic heterocycles. The number of alkyl carbamates (subject to hydrolysis) is 1. The quantitative estimate of drug-likeness (QED) is 0.177. The van der Waals surface area contributed by atoms with Gasteiger partial charge in [0, 0.05) is 13.0 Å². The molecule has 9 heteroatoms. The van der Waals surface area contributed by atoms with Crippen molar-refractivity contribution in [2.24, 2.45) is 10.7 Å². The minimum Gasteiger partial charge on any atom is -1.00 e. The molecule has 0 radical (unpaired) electrons. The van der Waals surface area contributed by atoms with Crippen LogP contribution in [0.4, 0.5) is 4.79 Å². The molecule has 1 atom stereocenters. The van der Waals surface area contributed by atoms with E-state index in [9.17, 15) is 9.59 Å². The second kappa shape index (κ2) is 11.3. The molecule has 0 aliphatic carbocycles. The predicted molar refractivity (Wildman–Crippen MR) is 79.8 cm³/mol. The molecule has 23 heavy (non-hydrogen) atoms. The Hall–Kier alpha value is -2.32. The average Bonchev–Trinajstić information content (AvgIpc) is 2.50. The minimum atomic E-state index is -0.945. The van der Waals surface area contributed by atoms with Gasteiger partial charge in [0.15, 0.2) is 12.0 Å². The van der Waals surface area contributed by atoms with Crippen molar-refractivity contribution in [2.45, 2.75) is 25.5 Å². The van der Waals surface area contributed by atoms with Gasteiger partial charge in [-0.25, -0.2) is 9.59 Å². The zero-order valence-corrected chi connectivity index (χ0v) is 13.3. The lowest BCUT2D eigenvalue weighted by molar-refractivity contribution is -0.409. The Labute approximate surface area is 140 Å². The summed E-state index contributed by atoms with van der Waals surface area (Å²) in [5, 5.41) is 11.0. The normalized spacial score (nSPS) is 12.0. The molecule has 0 aliphatic rings. The number of carboxylic acids is 1. The van der Waals surface area contributed by atoms with Gasteiger partial charge < -0.3 is 33.7 Å². The van der Waals surface area contributed by atoms with Crippen LogP contribution >= 0.6 is 0 Å². The molecule has 0 heterocycles. The van der Waals surface area contributed by atoms with Gasteiger partial charge in [-0.2, -0.15) is 0 Å². The first kappa shape index (κ1) is 20.7. The van der Waals surface area contributed by atoms with E-state index in [1.807, 2.05) is 30.3 Å². The summed E-state index contributed by atoms with van der Waals surface area (Å²) < 4.78 is 4.98. The molecule has 128 valence electrons. The van der Waals surface area contributed by atoms with Crippen molar-refractivity contribution < 1.29 is 37.6 Å². The summed E-state index contributed by atoms with van der Waals surface area (Å²) in [6.07, 6.45) is 0.220. The zero-order chi connectivity index (χ0) is 16.4. The number of benzene rings is 1. The van der Waals surface area contributed by atoms with Gasteiger partial charge in [0.2, 0.25) is 0 Å². The van der Waals surface area contributed by atoms with Crippen molar-refractivity contribution in [2.75, 3.05) is 6.54 Å². The topological polar surface area (TPSA) is 142 Å². The van der Waals surface area contributed by atoms with Crippen LogP contribution in [0.3, 0.4) is 0 Å². The Bertz CT molecular complexity index is 525. The number of amides is 1. The van der Waals surface area contributed by atoms with Crippen LogP contribution in [0.25, 0.3) is 0 Å². The third-order valence-electron chi connectivity index (χ3n) is 2.78. The van der Waals surface area contributed by atoms with Gasteiger partial charge in [-0.3, -0.25) is 10.3 Å². The molecular formula is C14H21ClN4O4. The Balaban J connectivity index is 0.00000484. The van der Waals surface area contributed by atoms with Gasteiger partial charge in [0.05, 0.1) is 0 Å². The van der Waals surface area contributed by atoms with Gasteiger partial charge >= 0.3 is 12.1 Å². The summed E-state index contributed by atoms with van der Waals surface area (Å²) in [4.78, 5) is 26.0. The molecule has 0 spiro atoms. The maximum atomic E-state index is 11.5. The third-order valence-corrected chi connectivity index (χ3v) is 2.78. The van der Waals surface area contributed by atoms with Crippen LogP contribution in [0.2, 0.25) is 0 Å². The van der Waals surface area contributed by atoms with Gasteiger partial charge in [0.1, 0.15) is 6.61 Å². The summed E-state index contributed by atoms with van der Waals surface area (Å²) in [7, 11) is 0. The largest absolute Gasteiger partial charge is 1.00 e. The number of hydrogen-bond acceptors (Lipinski definition) is 4. The van der Waals surface area contributed by atoms with E-state index < -0.39 is 18.1 Å². The summed E-state index contributed by atoms with van der Waals surface area (Å²) in [6, 6.07) is 8.57. The zero-order valence-electron chi connectivity index (χ0n) is 12.6. The number of aliphatic carboxylic acids is 1. The van der Waals surface area contributed by atoms with Crippen molar-refractivity contribution in [3.63, 3.8) is 0 Å². The lowest BCUT2D eigenvalue weighted by atomic mass is 10.2. The number of nitrogens with one attached hydrogen (secondary N) is 1. The smallest absolute Gasteiger partial charge is 0.414 e. The van der Waals surface area contributed by atoms with Gasteiger partial charge in [-0.05, 0) is 12.0 Å². The molecule has 1 amide bonds. The molecule has 0 saturated heterocycles. The van der Waals surface area contributed by atoms with Crippen molar-refractivity contribution in [1.82, 2.24) is 5.32 Å². The molecule has 0 fully saturated rings.